The van der Waals surface area contributed by atoms with Gasteiger partial charge in [0.1, 0.15) is 0 Å². The molecular formula is C12H23N3. The zero-order valence-corrected chi connectivity index (χ0v) is 9.91. The Labute approximate surface area is 93.0 Å². The molecule has 0 spiro atoms. The van der Waals surface area contributed by atoms with Crippen molar-refractivity contribution in [1.82, 2.24) is 14.7 Å². The first-order valence-corrected chi connectivity index (χ1v) is 6.47. The molecule has 0 aliphatic carbocycles. The van der Waals surface area contributed by atoms with Crippen LogP contribution in [0.15, 0.2) is 0 Å². The van der Waals surface area contributed by atoms with Crippen LogP contribution in [0.2, 0.25) is 0 Å². The number of rotatable bonds is 4. The van der Waals surface area contributed by atoms with E-state index in [4.69, 9.17) is 0 Å². The number of unbranched alkanes of at least 4 members (excludes halogenated alkanes) is 2. The molecule has 0 amide bonds. The SMILES string of the molecule is CCCCCC12CN3CN(CN(C3)C1)C2. The predicted molar refractivity (Wildman–Crippen MR) is 61.3 cm³/mol. The van der Waals surface area contributed by atoms with Crippen LogP contribution in [0.1, 0.15) is 32.6 Å². The van der Waals surface area contributed by atoms with Crippen LogP contribution >= 0.6 is 0 Å². The minimum Gasteiger partial charge on any atom is -0.277 e. The molecule has 0 aromatic carbocycles. The van der Waals surface area contributed by atoms with Crippen LogP contribution in [-0.4, -0.2) is 54.3 Å². The minimum absolute atomic E-state index is 0.629. The molecule has 0 aromatic heterocycles. The first-order valence-electron chi connectivity index (χ1n) is 6.47. The summed E-state index contributed by atoms with van der Waals surface area (Å²) in [6.45, 7) is 10.1. The van der Waals surface area contributed by atoms with Crippen molar-refractivity contribution in [2.24, 2.45) is 5.41 Å². The average molecular weight is 209 g/mol. The summed E-state index contributed by atoms with van der Waals surface area (Å²) in [6, 6.07) is 0. The third-order valence-corrected chi connectivity index (χ3v) is 4.19. The standard InChI is InChI=1S/C12H23N3/c1-2-3-4-5-12-6-13-9-14(7-12)11-15(8-12)10-13/h2-11H2,1H3. The van der Waals surface area contributed by atoms with E-state index in [1.54, 1.807) is 0 Å². The summed E-state index contributed by atoms with van der Waals surface area (Å²) in [5, 5.41) is 0. The zero-order chi connectivity index (χ0) is 10.3. The quantitative estimate of drug-likeness (QED) is 0.648. The van der Waals surface area contributed by atoms with Crippen LogP contribution in [0.4, 0.5) is 0 Å². The molecule has 4 saturated heterocycles. The fourth-order valence-corrected chi connectivity index (χ4v) is 3.84. The van der Waals surface area contributed by atoms with Gasteiger partial charge in [-0.15, -0.1) is 0 Å². The lowest BCUT2D eigenvalue weighted by Gasteiger charge is -2.61. The van der Waals surface area contributed by atoms with E-state index >= 15 is 0 Å². The second-order valence-electron chi connectivity index (χ2n) is 5.87. The Kier molecular flexibility index (Phi) is 2.49. The van der Waals surface area contributed by atoms with Crippen molar-refractivity contribution in [3.63, 3.8) is 0 Å². The fourth-order valence-electron chi connectivity index (χ4n) is 3.84. The second-order valence-corrected chi connectivity index (χ2v) is 5.87. The van der Waals surface area contributed by atoms with Gasteiger partial charge in [-0.05, 0) is 6.42 Å². The molecule has 15 heavy (non-hydrogen) atoms. The monoisotopic (exact) mass is 209 g/mol. The Morgan fingerprint density at radius 3 is 1.87 bits per heavy atom. The van der Waals surface area contributed by atoms with Gasteiger partial charge >= 0.3 is 0 Å². The molecule has 0 saturated carbocycles. The van der Waals surface area contributed by atoms with Gasteiger partial charge in [-0.2, -0.15) is 0 Å². The Morgan fingerprint density at radius 1 is 0.867 bits per heavy atom. The van der Waals surface area contributed by atoms with Gasteiger partial charge in [0.15, 0.2) is 0 Å². The number of nitrogens with zero attached hydrogens (tertiary/aromatic N) is 3. The van der Waals surface area contributed by atoms with Gasteiger partial charge in [-0.3, -0.25) is 14.7 Å². The van der Waals surface area contributed by atoms with Crippen LogP contribution in [0.5, 0.6) is 0 Å². The van der Waals surface area contributed by atoms with Crippen molar-refractivity contribution in [3.8, 4) is 0 Å². The molecular weight excluding hydrogens is 186 g/mol. The molecule has 3 nitrogen and oxygen atoms in total. The molecule has 4 bridgehead atoms. The summed E-state index contributed by atoms with van der Waals surface area (Å²) >= 11 is 0. The number of hydrogen-bond acceptors (Lipinski definition) is 3. The van der Waals surface area contributed by atoms with Crippen molar-refractivity contribution in [2.75, 3.05) is 39.6 Å². The number of hydrogen-bond donors (Lipinski definition) is 0. The van der Waals surface area contributed by atoms with Crippen LogP contribution in [0.3, 0.4) is 0 Å². The highest BCUT2D eigenvalue weighted by Crippen LogP contribution is 2.38. The topological polar surface area (TPSA) is 9.72 Å². The lowest BCUT2D eigenvalue weighted by molar-refractivity contribution is -0.174. The Hall–Kier alpha value is -0.120. The maximum absolute atomic E-state index is 2.63. The molecule has 0 radical (unpaired) electrons. The average Bonchev–Trinajstić information content (AvgIpc) is 2.15. The Bertz CT molecular complexity index is 204. The van der Waals surface area contributed by atoms with E-state index in [0.29, 0.717) is 5.41 Å². The lowest BCUT2D eigenvalue weighted by atomic mass is 9.77. The van der Waals surface area contributed by atoms with Gasteiger partial charge in [-0.1, -0.05) is 26.2 Å². The fraction of sp³-hybridized carbons (Fsp3) is 1.00. The normalized spacial score (nSPS) is 47.4. The zero-order valence-electron chi connectivity index (χ0n) is 9.91. The summed E-state index contributed by atoms with van der Waals surface area (Å²) in [6.07, 6.45) is 5.66. The van der Waals surface area contributed by atoms with E-state index in [-0.39, 0.29) is 0 Å². The summed E-state index contributed by atoms with van der Waals surface area (Å²) in [7, 11) is 0. The summed E-state index contributed by atoms with van der Waals surface area (Å²) < 4.78 is 0. The first kappa shape index (κ1) is 10.1. The van der Waals surface area contributed by atoms with E-state index in [1.807, 2.05) is 0 Å². The molecule has 4 fully saturated rings. The van der Waals surface area contributed by atoms with Crippen molar-refractivity contribution >= 4 is 0 Å². The smallest absolute Gasteiger partial charge is 0.0530 e. The van der Waals surface area contributed by atoms with Crippen molar-refractivity contribution in [1.29, 1.82) is 0 Å². The minimum atomic E-state index is 0.629. The maximum Gasteiger partial charge on any atom is 0.0530 e. The maximum atomic E-state index is 2.63. The molecule has 4 aliphatic heterocycles. The molecule has 0 aromatic rings. The van der Waals surface area contributed by atoms with Gasteiger partial charge in [0.05, 0.1) is 20.0 Å². The summed E-state index contributed by atoms with van der Waals surface area (Å²) in [4.78, 5) is 7.88. The lowest BCUT2D eigenvalue weighted by Crippen LogP contribution is -2.72. The Morgan fingerprint density at radius 2 is 1.40 bits per heavy atom. The Balaban J connectivity index is 1.65. The van der Waals surface area contributed by atoms with E-state index in [2.05, 4.69) is 21.6 Å². The molecule has 0 atom stereocenters. The van der Waals surface area contributed by atoms with Crippen LogP contribution in [-0.2, 0) is 0 Å². The molecule has 4 rings (SSSR count). The third-order valence-electron chi connectivity index (χ3n) is 4.19. The molecule has 0 unspecified atom stereocenters. The summed E-state index contributed by atoms with van der Waals surface area (Å²) in [5.41, 5.74) is 0.629. The molecule has 4 aliphatic rings. The van der Waals surface area contributed by atoms with Gasteiger partial charge < -0.3 is 0 Å². The third kappa shape index (κ3) is 1.81. The van der Waals surface area contributed by atoms with Crippen LogP contribution in [0, 0.1) is 5.41 Å². The van der Waals surface area contributed by atoms with Crippen molar-refractivity contribution in [3.05, 3.63) is 0 Å². The highest BCUT2D eigenvalue weighted by Gasteiger charge is 2.47. The van der Waals surface area contributed by atoms with Crippen molar-refractivity contribution in [2.45, 2.75) is 32.6 Å². The summed E-state index contributed by atoms with van der Waals surface area (Å²) in [5.74, 6) is 0. The molecule has 0 N–H and O–H groups in total. The molecule has 86 valence electrons. The predicted octanol–water partition coefficient (Wildman–Crippen LogP) is 1.37. The second kappa shape index (κ2) is 3.72. The van der Waals surface area contributed by atoms with Gasteiger partial charge in [-0.25, -0.2) is 0 Å². The molecule has 3 heteroatoms. The van der Waals surface area contributed by atoms with Crippen molar-refractivity contribution < 1.29 is 0 Å². The van der Waals surface area contributed by atoms with E-state index < -0.39 is 0 Å². The van der Waals surface area contributed by atoms with Gasteiger partial charge in [0, 0.05) is 25.0 Å². The largest absolute Gasteiger partial charge is 0.277 e. The van der Waals surface area contributed by atoms with E-state index in [9.17, 15) is 0 Å². The van der Waals surface area contributed by atoms with E-state index in [1.165, 1.54) is 65.3 Å². The van der Waals surface area contributed by atoms with E-state index in [0.717, 1.165) is 0 Å². The van der Waals surface area contributed by atoms with Crippen LogP contribution < -0.4 is 0 Å². The first-order chi connectivity index (χ1) is 7.30. The van der Waals surface area contributed by atoms with Gasteiger partial charge in [0.2, 0.25) is 0 Å². The highest BCUT2D eigenvalue weighted by atomic mass is 15.5. The molecule has 4 heterocycles. The van der Waals surface area contributed by atoms with Gasteiger partial charge in [0.25, 0.3) is 0 Å². The highest BCUT2D eigenvalue weighted by molar-refractivity contribution is 4.98. The van der Waals surface area contributed by atoms with Crippen LogP contribution in [0.25, 0.3) is 0 Å².